The molecule has 7 aromatic carbocycles. The first-order valence-corrected chi connectivity index (χ1v) is 16.4. The predicted molar refractivity (Wildman–Crippen MR) is 192 cm³/mol. The fourth-order valence-corrected chi connectivity index (χ4v) is 9.15. The van der Waals surface area contributed by atoms with Gasteiger partial charge in [-0.05, 0) is 66.0 Å². The smallest absolute Gasteiger partial charge is 0.144 e. The number of hydrogen-bond acceptors (Lipinski definition) is 4. The lowest BCUT2D eigenvalue weighted by molar-refractivity contribution is 0.677. The SMILES string of the molecule is c1ccc(N(c2ccc3sc4ccccc4c3c2)c2cccc3c2sc2ccc4c5ccc6ccccc6c5oc4c23)cc1. The van der Waals surface area contributed by atoms with Gasteiger partial charge >= 0.3 is 0 Å². The number of rotatable bonds is 3. The van der Waals surface area contributed by atoms with Crippen LogP contribution in [0.15, 0.2) is 144 Å². The van der Waals surface area contributed by atoms with Gasteiger partial charge in [-0.3, -0.25) is 0 Å². The van der Waals surface area contributed by atoms with Gasteiger partial charge in [-0.25, -0.2) is 0 Å². The summed E-state index contributed by atoms with van der Waals surface area (Å²) in [7, 11) is 0. The molecule has 0 fully saturated rings. The molecule has 0 unspecified atom stereocenters. The minimum atomic E-state index is 0.961. The highest BCUT2D eigenvalue weighted by atomic mass is 32.1. The maximum absolute atomic E-state index is 6.79. The number of thiophene rings is 2. The van der Waals surface area contributed by atoms with Crippen LogP contribution in [-0.2, 0) is 0 Å². The lowest BCUT2D eigenvalue weighted by Gasteiger charge is -2.26. The molecule has 0 saturated heterocycles. The van der Waals surface area contributed by atoms with E-state index in [4.69, 9.17) is 4.42 Å². The Balaban J connectivity index is 1.26. The average Bonchev–Trinajstić information content (AvgIpc) is 3.77. The van der Waals surface area contributed by atoms with Crippen molar-refractivity contribution in [3.05, 3.63) is 140 Å². The molecule has 3 heterocycles. The van der Waals surface area contributed by atoms with Crippen LogP contribution in [0.1, 0.15) is 0 Å². The van der Waals surface area contributed by atoms with Crippen molar-refractivity contribution in [2.75, 3.05) is 4.90 Å². The van der Waals surface area contributed by atoms with E-state index in [1.165, 1.54) is 56.8 Å². The zero-order valence-corrected chi connectivity index (χ0v) is 25.1. The molecule has 2 nitrogen and oxygen atoms in total. The van der Waals surface area contributed by atoms with E-state index in [0.29, 0.717) is 0 Å². The van der Waals surface area contributed by atoms with Crippen molar-refractivity contribution in [3.8, 4) is 0 Å². The summed E-state index contributed by atoms with van der Waals surface area (Å²) in [6.07, 6.45) is 0. The summed E-state index contributed by atoms with van der Waals surface area (Å²) >= 11 is 3.70. The van der Waals surface area contributed by atoms with Crippen molar-refractivity contribution >= 4 is 113 Å². The molecule has 0 aliphatic heterocycles. The summed E-state index contributed by atoms with van der Waals surface area (Å²) < 4.78 is 11.9. The van der Waals surface area contributed by atoms with Crippen molar-refractivity contribution in [1.29, 1.82) is 0 Å². The number of hydrogen-bond donors (Lipinski definition) is 0. The van der Waals surface area contributed by atoms with E-state index in [1.54, 1.807) is 0 Å². The van der Waals surface area contributed by atoms with Crippen molar-refractivity contribution in [1.82, 2.24) is 0 Å². The highest BCUT2D eigenvalue weighted by molar-refractivity contribution is 7.26. The first kappa shape index (κ1) is 24.3. The first-order valence-electron chi connectivity index (χ1n) is 14.8. The quantitative estimate of drug-likeness (QED) is 0.201. The molecule has 0 aliphatic carbocycles. The molecule has 0 N–H and O–H groups in total. The monoisotopic (exact) mass is 597 g/mol. The second-order valence-electron chi connectivity index (χ2n) is 11.3. The highest BCUT2D eigenvalue weighted by Gasteiger charge is 2.21. The van der Waals surface area contributed by atoms with E-state index in [1.807, 2.05) is 22.7 Å². The molecular formula is C40H23NOS2. The van der Waals surface area contributed by atoms with Crippen LogP contribution >= 0.6 is 22.7 Å². The number of benzene rings is 7. The van der Waals surface area contributed by atoms with Crippen molar-refractivity contribution in [2.24, 2.45) is 0 Å². The zero-order chi connectivity index (χ0) is 28.8. The second kappa shape index (κ2) is 9.17. The van der Waals surface area contributed by atoms with E-state index < -0.39 is 0 Å². The van der Waals surface area contributed by atoms with Gasteiger partial charge in [0, 0.05) is 63.2 Å². The Morgan fingerprint density at radius 2 is 1.16 bits per heavy atom. The normalized spacial score (nSPS) is 12.1. The van der Waals surface area contributed by atoms with Crippen LogP contribution in [0.25, 0.3) is 73.1 Å². The predicted octanol–water partition coefficient (Wildman–Crippen LogP) is 12.9. The molecular weight excluding hydrogens is 575 g/mol. The number of nitrogens with zero attached hydrogens (tertiary/aromatic N) is 1. The minimum Gasteiger partial charge on any atom is -0.455 e. The second-order valence-corrected chi connectivity index (χ2v) is 13.4. The van der Waals surface area contributed by atoms with Crippen LogP contribution in [0.3, 0.4) is 0 Å². The van der Waals surface area contributed by atoms with Gasteiger partial charge in [0.15, 0.2) is 0 Å². The topological polar surface area (TPSA) is 16.4 Å². The average molecular weight is 598 g/mol. The van der Waals surface area contributed by atoms with Gasteiger partial charge < -0.3 is 9.32 Å². The molecule has 3 aromatic heterocycles. The molecule has 0 amide bonds. The Morgan fingerprint density at radius 1 is 0.432 bits per heavy atom. The third-order valence-electron chi connectivity index (χ3n) is 8.84. The number of anilines is 3. The maximum atomic E-state index is 6.79. The molecule has 206 valence electrons. The van der Waals surface area contributed by atoms with Gasteiger partial charge in [-0.2, -0.15) is 0 Å². The fourth-order valence-electron chi connectivity index (χ4n) is 6.86. The molecule has 44 heavy (non-hydrogen) atoms. The zero-order valence-electron chi connectivity index (χ0n) is 23.5. The lowest BCUT2D eigenvalue weighted by atomic mass is 10.0. The molecule has 0 radical (unpaired) electrons. The third-order valence-corrected chi connectivity index (χ3v) is 11.2. The van der Waals surface area contributed by atoms with E-state index in [-0.39, 0.29) is 0 Å². The van der Waals surface area contributed by atoms with Crippen LogP contribution in [0, 0.1) is 0 Å². The van der Waals surface area contributed by atoms with Gasteiger partial charge in [0.25, 0.3) is 0 Å². The summed E-state index contributed by atoms with van der Waals surface area (Å²) in [4.78, 5) is 2.41. The van der Waals surface area contributed by atoms with Gasteiger partial charge in [0.1, 0.15) is 11.2 Å². The van der Waals surface area contributed by atoms with Crippen LogP contribution in [0.4, 0.5) is 17.1 Å². The summed E-state index contributed by atoms with van der Waals surface area (Å²) in [5, 5.41) is 9.70. The van der Waals surface area contributed by atoms with Gasteiger partial charge in [0.05, 0.1) is 10.4 Å². The molecule has 10 aromatic rings. The number of furan rings is 1. The molecule has 0 aliphatic rings. The van der Waals surface area contributed by atoms with Crippen LogP contribution in [-0.4, -0.2) is 0 Å². The Kier molecular flexibility index (Phi) is 5.06. The van der Waals surface area contributed by atoms with Gasteiger partial charge in [0.2, 0.25) is 0 Å². The van der Waals surface area contributed by atoms with Crippen LogP contribution in [0.5, 0.6) is 0 Å². The van der Waals surface area contributed by atoms with Crippen molar-refractivity contribution < 1.29 is 4.42 Å². The molecule has 0 saturated carbocycles. The lowest BCUT2D eigenvalue weighted by Crippen LogP contribution is -2.09. The molecule has 0 atom stereocenters. The van der Waals surface area contributed by atoms with Gasteiger partial charge in [-0.15, -0.1) is 22.7 Å². The molecule has 0 spiro atoms. The van der Waals surface area contributed by atoms with Crippen LogP contribution in [0.2, 0.25) is 0 Å². The molecule has 4 heteroatoms. The first-order chi connectivity index (χ1) is 21.8. The van der Waals surface area contributed by atoms with E-state index in [2.05, 4.69) is 144 Å². The largest absolute Gasteiger partial charge is 0.455 e. The summed E-state index contributed by atoms with van der Waals surface area (Å²) in [6.45, 7) is 0. The number of fused-ring (bicyclic) bond motifs is 12. The van der Waals surface area contributed by atoms with Crippen LogP contribution < -0.4 is 4.90 Å². The van der Waals surface area contributed by atoms with E-state index >= 15 is 0 Å². The van der Waals surface area contributed by atoms with E-state index in [9.17, 15) is 0 Å². The standard InChI is InChI=1S/C40H23NOS2/c1-2-10-25(11-3-1)41(26-18-21-35-32(23-26)28-13-6-7-16-34(28)43-35)33-15-8-14-31-37-36(44-40(31)33)22-20-30-29-19-17-24-9-4-5-12-27(24)38(29)42-39(30)37/h1-23H. The highest BCUT2D eigenvalue weighted by Crippen LogP contribution is 2.49. The summed E-state index contributed by atoms with van der Waals surface area (Å²) in [5.74, 6) is 0. The van der Waals surface area contributed by atoms with Crippen molar-refractivity contribution in [3.63, 3.8) is 0 Å². The number of para-hydroxylation sites is 1. The minimum absolute atomic E-state index is 0.961. The maximum Gasteiger partial charge on any atom is 0.144 e. The molecule has 0 bridgehead atoms. The Morgan fingerprint density at radius 3 is 2.09 bits per heavy atom. The van der Waals surface area contributed by atoms with E-state index in [0.717, 1.165) is 33.3 Å². The Hall–Kier alpha value is -5.16. The van der Waals surface area contributed by atoms with Gasteiger partial charge in [-0.1, -0.05) is 78.9 Å². The third kappa shape index (κ3) is 3.41. The fraction of sp³-hybridized carbons (Fsp3) is 0. The molecule has 10 rings (SSSR count). The summed E-state index contributed by atoms with van der Waals surface area (Å²) in [6, 6.07) is 50.4. The summed E-state index contributed by atoms with van der Waals surface area (Å²) in [5.41, 5.74) is 5.38. The Bertz CT molecular complexity index is 2730. The Labute approximate surface area is 260 Å². The van der Waals surface area contributed by atoms with Crippen molar-refractivity contribution in [2.45, 2.75) is 0 Å².